The molecule has 0 saturated carbocycles. The zero-order chi connectivity index (χ0) is 28.2. The molecule has 0 aliphatic heterocycles. The fourth-order valence-electron chi connectivity index (χ4n) is 4.43. The number of halogens is 2. The molecule has 0 nitrogen and oxygen atoms in total. The van der Waals surface area contributed by atoms with Crippen LogP contribution >= 0.6 is 0 Å². The van der Waals surface area contributed by atoms with E-state index in [-0.39, 0.29) is 35.6 Å². The molecule has 0 unspecified atom stereocenters. The van der Waals surface area contributed by atoms with Gasteiger partial charge in [0.1, 0.15) is 0 Å². The second kappa shape index (κ2) is 15.4. The summed E-state index contributed by atoms with van der Waals surface area (Å²) in [6, 6.07) is 22.0. The summed E-state index contributed by atoms with van der Waals surface area (Å²) in [5, 5.41) is 0. The Morgan fingerprint density at radius 2 is 1.33 bits per heavy atom. The maximum absolute atomic E-state index is 3.67. The maximum atomic E-state index is 3.67. The van der Waals surface area contributed by atoms with Crippen molar-refractivity contribution in [1.29, 1.82) is 0 Å². The van der Waals surface area contributed by atoms with E-state index in [1.807, 2.05) is 0 Å². The van der Waals surface area contributed by atoms with Crippen molar-refractivity contribution in [1.82, 2.24) is 0 Å². The predicted octanol–water partition coefficient (Wildman–Crippen LogP) is 4.06. The number of aryl methyl sites for hydroxylation is 1. The maximum Gasteiger partial charge on any atom is -1.00 e. The summed E-state index contributed by atoms with van der Waals surface area (Å²) in [4.78, 5) is 0. The third-order valence-electron chi connectivity index (χ3n) is 6.69. The van der Waals surface area contributed by atoms with Crippen LogP contribution in [-0.4, -0.2) is 3.21 Å². The molecule has 0 N–H and O–H groups in total. The Balaban J connectivity index is 0.000000687. The van der Waals surface area contributed by atoms with Crippen LogP contribution in [0.25, 0.3) is 11.1 Å². The van der Waals surface area contributed by atoms with Gasteiger partial charge in [0, 0.05) is 0 Å². The molecule has 214 valence electrons. The summed E-state index contributed by atoms with van der Waals surface area (Å²) < 4.78 is 1.51. The molecule has 3 aromatic rings. The molecule has 3 aromatic carbocycles. The van der Waals surface area contributed by atoms with Crippen LogP contribution in [-0.2, 0) is 53.3 Å². The Labute approximate surface area is 268 Å². The Hall–Kier alpha value is -0.877. The molecule has 1 aliphatic rings. The second-order valence-corrected chi connectivity index (χ2v) is 16.3. The first kappa shape index (κ1) is 38.1. The van der Waals surface area contributed by atoms with Gasteiger partial charge in [-0.15, -0.1) is 11.1 Å². The van der Waals surface area contributed by atoms with Gasteiger partial charge >= 0.3 is 41.3 Å². The Bertz CT molecular complexity index is 1130. The van der Waals surface area contributed by atoms with Gasteiger partial charge in [-0.2, -0.15) is 47.0 Å². The summed E-state index contributed by atoms with van der Waals surface area (Å²) in [6.45, 7) is 26.9. The normalized spacial score (nSPS) is 11.9. The smallest absolute Gasteiger partial charge is 1.00 e. The number of benzene rings is 2. The average molecular weight is 645 g/mol. The molecule has 4 rings (SSSR count). The fourth-order valence-corrected chi connectivity index (χ4v) is 4.43. The molecule has 39 heavy (non-hydrogen) atoms. The predicted molar refractivity (Wildman–Crippen MR) is 162 cm³/mol. The summed E-state index contributed by atoms with van der Waals surface area (Å²) >= 11 is 1.55. The van der Waals surface area contributed by atoms with Crippen LogP contribution in [0.15, 0.2) is 48.5 Å². The minimum Gasteiger partial charge on any atom is -1.00 e. The minimum atomic E-state index is 0. The SMILES string of the molecule is CC(C)(C)c1[c-]c2c(cc1)-c1ccc(C(C)(C)C)cc1C2.CCCc1cc(C(C)(C)C)c[cH-]1.C[C](C)=[Zr+2].[Cl-].[Cl-]. The quantitative estimate of drug-likeness (QED) is 0.289. The summed E-state index contributed by atoms with van der Waals surface area (Å²) in [5.41, 5.74) is 12.0. The van der Waals surface area contributed by atoms with Crippen LogP contribution in [0.1, 0.15) is 123 Å². The first-order chi connectivity index (χ1) is 16.9. The van der Waals surface area contributed by atoms with Crippen molar-refractivity contribution >= 4 is 3.21 Å². The topological polar surface area (TPSA) is 0 Å². The van der Waals surface area contributed by atoms with Gasteiger partial charge in [-0.05, 0) is 28.4 Å². The van der Waals surface area contributed by atoms with Gasteiger partial charge in [0.25, 0.3) is 0 Å². The molecule has 0 aromatic heterocycles. The van der Waals surface area contributed by atoms with Crippen molar-refractivity contribution in [2.24, 2.45) is 0 Å². The van der Waals surface area contributed by atoms with E-state index in [0.29, 0.717) is 5.41 Å². The molecular weight excluding hydrogens is 595 g/mol. The van der Waals surface area contributed by atoms with Crippen LogP contribution in [0, 0.1) is 6.07 Å². The summed E-state index contributed by atoms with van der Waals surface area (Å²) in [6.07, 6.45) is 3.49. The van der Waals surface area contributed by atoms with Crippen LogP contribution < -0.4 is 24.8 Å². The second-order valence-electron chi connectivity index (χ2n) is 13.8. The van der Waals surface area contributed by atoms with E-state index in [9.17, 15) is 0 Å². The molecule has 0 fully saturated rings. The van der Waals surface area contributed by atoms with E-state index < -0.39 is 0 Å². The van der Waals surface area contributed by atoms with Gasteiger partial charge in [-0.1, -0.05) is 111 Å². The van der Waals surface area contributed by atoms with E-state index >= 15 is 0 Å². The van der Waals surface area contributed by atoms with Gasteiger partial charge in [0.15, 0.2) is 0 Å². The minimum absolute atomic E-state index is 0. The molecule has 0 radical (unpaired) electrons. The van der Waals surface area contributed by atoms with Gasteiger partial charge in [-0.25, -0.2) is 6.07 Å². The van der Waals surface area contributed by atoms with Crippen LogP contribution in [0.5, 0.6) is 0 Å². The number of fused-ring (bicyclic) bond motifs is 3. The van der Waals surface area contributed by atoms with Crippen molar-refractivity contribution in [2.75, 3.05) is 0 Å². The monoisotopic (exact) mass is 642 g/mol. The molecule has 0 heterocycles. The summed E-state index contributed by atoms with van der Waals surface area (Å²) in [5.74, 6) is 0. The molecule has 0 amide bonds. The van der Waals surface area contributed by atoms with Gasteiger partial charge in [0.05, 0.1) is 0 Å². The van der Waals surface area contributed by atoms with Crippen LogP contribution in [0.2, 0.25) is 0 Å². The number of hydrogen-bond donors (Lipinski definition) is 0. The molecule has 0 bridgehead atoms. The van der Waals surface area contributed by atoms with E-state index in [2.05, 4.69) is 138 Å². The third kappa shape index (κ3) is 11.5. The molecular formula is C36H50Cl2Zr-2. The van der Waals surface area contributed by atoms with Gasteiger partial charge in [-0.3, -0.25) is 0 Å². The van der Waals surface area contributed by atoms with E-state index in [4.69, 9.17) is 0 Å². The van der Waals surface area contributed by atoms with Crippen molar-refractivity contribution in [3.63, 3.8) is 0 Å². The molecule has 0 atom stereocenters. The standard InChI is InChI=1S/C21H25.C12H19.C3H6.2ClH.Zr/c1-20(2,3)16-7-9-18-14(12-16)11-15-13-17(21(4,5)6)8-10-19(15)18;1-5-6-10-7-8-11(9-10)12(2,3)4;1-3-2;;;/h7-10,12H,11H2,1-6H3;7-9H,5-6H2,1-4H3;1-2H3;2*1H;/q2*-1;;;;+2/p-2. The van der Waals surface area contributed by atoms with E-state index in [0.717, 1.165) is 6.42 Å². The summed E-state index contributed by atoms with van der Waals surface area (Å²) in [7, 11) is 0. The zero-order valence-corrected chi connectivity index (χ0v) is 30.5. The Morgan fingerprint density at radius 3 is 1.79 bits per heavy atom. The molecule has 0 saturated heterocycles. The largest absolute Gasteiger partial charge is 1.00 e. The number of hydrogen-bond acceptors (Lipinski definition) is 0. The van der Waals surface area contributed by atoms with Crippen LogP contribution in [0.3, 0.4) is 0 Å². The molecule has 1 aliphatic carbocycles. The first-order valence-electron chi connectivity index (χ1n) is 13.9. The van der Waals surface area contributed by atoms with E-state index in [1.165, 1.54) is 60.6 Å². The Kier molecular flexibility index (Phi) is 15.0. The average Bonchev–Trinajstić information content (AvgIpc) is 3.36. The van der Waals surface area contributed by atoms with Crippen molar-refractivity contribution in [3.05, 3.63) is 88.0 Å². The first-order valence-corrected chi connectivity index (χ1v) is 15.1. The van der Waals surface area contributed by atoms with Crippen LogP contribution in [0.4, 0.5) is 0 Å². The number of rotatable bonds is 2. The molecule has 0 spiro atoms. The van der Waals surface area contributed by atoms with Crippen molar-refractivity contribution in [2.45, 2.75) is 119 Å². The van der Waals surface area contributed by atoms with Gasteiger partial charge < -0.3 is 24.8 Å². The van der Waals surface area contributed by atoms with Gasteiger partial charge in [0.2, 0.25) is 0 Å². The van der Waals surface area contributed by atoms with Crippen molar-refractivity contribution < 1.29 is 49.0 Å². The van der Waals surface area contributed by atoms with Crippen molar-refractivity contribution in [3.8, 4) is 11.1 Å². The molecule has 3 heteroatoms. The van der Waals surface area contributed by atoms with E-state index in [1.54, 1.807) is 24.2 Å². The third-order valence-corrected chi connectivity index (χ3v) is 6.69. The Morgan fingerprint density at radius 1 is 0.795 bits per heavy atom. The fraction of sp³-hybridized carbons (Fsp3) is 0.500. The zero-order valence-electron chi connectivity index (χ0n) is 26.5.